The highest BCUT2D eigenvalue weighted by molar-refractivity contribution is 7.93. The molecule has 0 spiro atoms. The third-order valence-electron chi connectivity index (χ3n) is 6.79. The van der Waals surface area contributed by atoms with Gasteiger partial charge in [-0.3, -0.25) is 9.69 Å². The maximum atomic E-state index is 13.7. The van der Waals surface area contributed by atoms with E-state index in [1.54, 1.807) is 19.1 Å². The molecule has 0 amide bonds. The fourth-order valence-corrected chi connectivity index (χ4v) is 6.09. The van der Waals surface area contributed by atoms with Gasteiger partial charge < -0.3 is 14.2 Å². The molecule has 8 heteroatoms. The summed E-state index contributed by atoms with van der Waals surface area (Å²) in [7, 11) is -4.07. The fraction of sp³-hybridized carbons (Fsp3) is 0.552. The van der Waals surface area contributed by atoms with Crippen LogP contribution in [0, 0.1) is 0 Å². The van der Waals surface area contributed by atoms with Gasteiger partial charge in [-0.15, -0.1) is 0 Å². The van der Waals surface area contributed by atoms with Gasteiger partial charge in [-0.1, -0.05) is 31.9 Å². The van der Waals surface area contributed by atoms with Crippen molar-refractivity contribution in [1.29, 1.82) is 0 Å². The van der Waals surface area contributed by atoms with E-state index in [1.807, 2.05) is 24.3 Å². The molecule has 0 saturated carbocycles. The molecule has 1 fully saturated rings. The Balaban J connectivity index is 1.71. The third-order valence-corrected chi connectivity index (χ3v) is 9.18. The minimum Gasteiger partial charge on any atom is -0.494 e. The van der Waals surface area contributed by atoms with E-state index in [2.05, 4.69) is 11.8 Å². The highest BCUT2D eigenvalue weighted by atomic mass is 32.2. The molecular formula is C29H41NO6S. The summed E-state index contributed by atoms with van der Waals surface area (Å²) >= 11 is 0. The molecule has 2 aromatic carbocycles. The normalized spacial score (nSPS) is 16.1. The van der Waals surface area contributed by atoms with Crippen LogP contribution < -0.4 is 9.47 Å². The van der Waals surface area contributed by atoms with E-state index < -0.39 is 20.6 Å². The molecule has 37 heavy (non-hydrogen) atoms. The minimum absolute atomic E-state index is 0.0169. The second-order valence-electron chi connectivity index (χ2n) is 9.70. The van der Waals surface area contributed by atoms with Gasteiger partial charge in [0.2, 0.25) is 0 Å². The Hall–Kier alpha value is -2.58. The van der Waals surface area contributed by atoms with E-state index in [0.717, 1.165) is 38.2 Å². The molecule has 1 saturated heterocycles. The SMILES string of the molecule is CCCCOc1ccc(S(=O)(=O)C(C)(Cc2ccc(OCCN3CCCCC3)cc2)C(=O)OCC)cc1. The van der Waals surface area contributed by atoms with Crippen LogP contribution in [0.15, 0.2) is 53.4 Å². The second-order valence-corrected chi connectivity index (χ2v) is 12.1. The minimum atomic E-state index is -4.07. The quantitative estimate of drug-likeness (QED) is 0.249. The molecule has 2 aromatic rings. The fourth-order valence-electron chi connectivity index (χ4n) is 4.44. The smallest absolute Gasteiger partial charge is 0.327 e. The van der Waals surface area contributed by atoms with E-state index in [0.29, 0.717) is 24.5 Å². The molecule has 7 nitrogen and oxygen atoms in total. The lowest BCUT2D eigenvalue weighted by atomic mass is 10.00. The number of sulfone groups is 1. The molecule has 3 rings (SSSR count). The molecule has 0 bridgehead atoms. The predicted octanol–water partition coefficient (Wildman–Crippen LogP) is 5.07. The Morgan fingerprint density at radius 1 is 0.892 bits per heavy atom. The second kappa shape index (κ2) is 13.8. The number of likely N-dealkylation sites (tertiary alicyclic amines) is 1. The van der Waals surface area contributed by atoms with Crippen molar-refractivity contribution in [2.75, 3.05) is 39.5 Å². The number of hydrogen-bond acceptors (Lipinski definition) is 7. The Kier molecular flexibility index (Phi) is 10.8. The molecule has 0 N–H and O–H groups in total. The van der Waals surface area contributed by atoms with E-state index in [-0.39, 0.29) is 17.9 Å². The maximum absolute atomic E-state index is 13.7. The van der Waals surface area contributed by atoms with Crippen molar-refractivity contribution in [3.8, 4) is 11.5 Å². The van der Waals surface area contributed by atoms with Gasteiger partial charge in [0.15, 0.2) is 14.6 Å². The number of unbranched alkanes of at least 4 members (excludes halogenated alkanes) is 1. The Bertz CT molecular complexity index is 1080. The molecule has 204 valence electrons. The van der Waals surface area contributed by atoms with Crippen molar-refractivity contribution in [2.45, 2.75) is 68.9 Å². The van der Waals surface area contributed by atoms with Crippen molar-refractivity contribution in [2.24, 2.45) is 0 Å². The van der Waals surface area contributed by atoms with Crippen LogP contribution in [0.3, 0.4) is 0 Å². The van der Waals surface area contributed by atoms with Crippen molar-refractivity contribution in [3.05, 3.63) is 54.1 Å². The van der Waals surface area contributed by atoms with Gasteiger partial charge in [-0.05, 0) is 88.2 Å². The van der Waals surface area contributed by atoms with Crippen molar-refractivity contribution in [3.63, 3.8) is 0 Å². The molecule has 1 unspecified atom stereocenters. The van der Waals surface area contributed by atoms with E-state index >= 15 is 0 Å². The Morgan fingerprint density at radius 3 is 2.08 bits per heavy atom. The summed E-state index contributed by atoms with van der Waals surface area (Å²) in [4.78, 5) is 15.5. The maximum Gasteiger partial charge on any atom is 0.327 e. The number of piperidine rings is 1. The van der Waals surface area contributed by atoms with Crippen molar-refractivity contribution in [1.82, 2.24) is 4.90 Å². The van der Waals surface area contributed by atoms with Crippen LogP contribution in [0.4, 0.5) is 0 Å². The monoisotopic (exact) mass is 531 g/mol. The predicted molar refractivity (Wildman–Crippen MR) is 145 cm³/mol. The first-order valence-electron chi connectivity index (χ1n) is 13.4. The first-order valence-corrected chi connectivity index (χ1v) is 14.9. The number of esters is 1. The lowest BCUT2D eigenvalue weighted by molar-refractivity contribution is -0.145. The zero-order valence-electron chi connectivity index (χ0n) is 22.4. The van der Waals surface area contributed by atoms with Crippen LogP contribution in [-0.2, 0) is 25.8 Å². The highest BCUT2D eigenvalue weighted by Gasteiger charge is 2.48. The number of carbonyl (C=O) groups excluding carboxylic acids is 1. The third kappa shape index (κ3) is 7.71. The summed E-state index contributed by atoms with van der Waals surface area (Å²) in [6.07, 6.45) is 5.70. The number of rotatable bonds is 14. The summed E-state index contributed by atoms with van der Waals surface area (Å²) in [5.41, 5.74) is 0.710. The number of carbonyl (C=O) groups is 1. The van der Waals surface area contributed by atoms with E-state index in [9.17, 15) is 13.2 Å². The largest absolute Gasteiger partial charge is 0.494 e. The molecule has 0 radical (unpaired) electrons. The summed E-state index contributed by atoms with van der Waals surface area (Å²) in [5.74, 6) is 0.557. The van der Waals surface area contributed by atoms with Gasteiger partial charge in [0.25, 0.3) is 0 Å². The zero-order chi connectivity index (χ0) is 26.7. The lowest BCUT2D eigenvalue weighted by Crippen LogP contribution is -2.46. The van der Waals surface area contributed by atoms with Gasteiger partial charge in [0, 0.05) is 13.0 Å². The van der Waals surface area contributed by atoms with Crippen LogP contribution in [0.5, 0.6) is 11.5 Å². The number of nitrogens with zero attached hydrogens (tertiary/aromatic N) is 1. The first-order chi connectivity index (χ1) is 17.8. The standard InChI is InChI=1S/C29H41NO6S/c1-4-6-21-35-26-14-16-27(17-15-26)37(32,33)29(3,28(31)34-5-2)23-24-10-12-25(13-11-24)36-22-20-30-18-8-7-9-19-30/h10-17H,4-9,18-23H2,1-3H3. The van der Waals surface area contributed by atoms with Crippen LogP contribution in [-0.4, -0.2) is 63.5 Å². The zero-order valence-corrected chi connectivity index (χ0v) is 23.2. The van der Waals surface area contributed by atoms with Gasteiger partial charge in [-0.2, -0.15) is 0 Å². The van der Waals surface area contributed by atoms with Crippen molar-refractivity contribution >= 4 is 15.8 Å². The summed E-state index contributed by atoms with van der Waals surface area (Å²) < 4.78 is 42.5. The lowest BCUT2D eigenvalue weighted by Gasteiger charge is -2.27. The number of ether oxygens (including phenoxy) is 3. The average Bonchev–Trinajstić information content (AvgIpc) is 2.91. The topological polar surface area (TPSA) is 82.1 Å². The molecule has 1 atom stereocenters. The van der Waals surface area contributed by atoms with Crippen LogP contribution in [0.2, 0.25) is 0 Å². The molecule has 1 heterocycles. The van der Waals surface area contributed by atoms with Gasteiger partial charge >= 0.3 is 5.97 Å². The average molecular weight is 532 g/mol. The van der Waals surface area contributed by atoms with Crippen molar-refractivity contribution < 1.29 is 27.4 Å². The first kappa shape index (κ1) is 29.0. The van der Waals surface area contributed by atoms with Crippen LogP contribution >= 0.6 is 0 Å². The molecule has 0 aliphatic carbocycles. The molecule has 1 aliphatic rings. The summed E-state index contributed by atoms with van der Waals surface area (Å²) in [5, 5.41) is 0. The van der Waals surface area contributed by atoms with E-state index in [1.165, 1.54) is 38.3 Å². The number of benzene rings is 2. The van der Waals surface area contributed by atoms with E-state index in [4.69, 9.17) is 14.2 Å². The molecule has 1 aliphatic heterocycles. The van der Waals surface area contributed by atoms with Crippen LogP contribution in [0.25, 0.3) is 0 Å². The Morgan fingerprint density at radius 2 is 1.49 bits per heavy atom. The van der Waals surface area contributed by atoms with Crippen LogP contribution in [0.1, 0.15) is 58.4 Å². The summed E-state index contributed by atoms with van der Waals surface area (Å²) in [6.45, 7) is 9.59. The van der Waals surface area contributed by atoms with Gasteiger partial charge in [0.05, 0.1) is 18.1 Å². The highest BCUT2D eigenvalue weighted by Crippen LogP contribution is 2.32. The van der Waals surface area contributed by atoms with Gasteiger partial charge in [-0.25, -0.2) is 8.42 Å². The Labute approximate surface area is 222 Å². The van der Waals surface area contributed by atoms with Gasteiger partial charge in [0.1, 0.15) is 18.1 Å². The molecule has 0 aromatic heterocycles. The number of hydrogen-bond donors (Lipinski definition) is 0. The molecular weight excluding hydrogens is 490 g/mol. The summed E-state index contributed by atoms with van der Waals surface area (Å²) in [6, 6.07) is 13.5.